The number of rotatable bonds is 3. The molecular formula is C20H19N3O2. The van der Waals surface area contributed by atoms with E-state index in [1.807, 2.05) is 31.2 Å². The number of carbonyl (C=O) groups is 2. The van der Waals surface area contributed by atoms with Crippen molar-refractivity contribution in [1.82, 2.24) is 9.88 Å². The van der Waals surface area contributed by atoms with Crippen molar-refractivity contribution in [2.45, 2.75) is 6.92 Å². The molecule has 1 N–H and O–H groups in total. The van der Waals surface area contributed by atoms with E-state index in [2.05, 4.69) is 10.3 Å². The second kappa shape index (κ2) is 6.73. The van der Waals surface area contributed by atoms with Crippen LogP contribution < -0.4 is 5.32 Å². The number of para-hydroxylation sites is 1. The summed E-state index contributed by atoms with van der Waals surface area (Å²) in [6.07, 6.45) is 1.62. The van der Waals surface area contributed by atoms with Gasteiger partial charge in [0.2, 0.25) is 0 Å². The third-order valence-corrected chi connectivity index (χ3v) is 4.11. The van der Waals surface area contributed by atoms with Crippen molar-refractivity contribution < 1.29 is 9.59 Å². The van der Waals surface area contributed by atoms with Crippen molar-refractivity contribution in [1.29, 1.82) is 0 Å². The van der Waals surface area contributed by atoms with E-state index in [1.54, 1.807) is 44.6 Å². The minimum absolute atomic E-state index is 0.0945. The Bertz CT molecular complexity index is 959. The van der Waals surface area contributed by atoms with E-state index >= 15 is 0 Å². The highest BCUT2D eigenvalue weighted by molar-refractivity contribution is 6.12. The van der Waals surface area contributed by atoms with Crippen LogP contribution >= 0.6 is 0 Å². The van der Waals surface area contributed by atoms with E-state index in [0.717, 1.165) is 16.5 Å². The molecule has 0 aliphatic carbocycles. The minimum Gasteiger partial charge on any atom is -0.345 e. The number of benzene rings is 2. The molecule has 0 radical (unpaired) electrons. The number of hydrogen-bond donors (Lipinski definition) is 1. The Hall–Kier alpha value is -3.21. The van der Waals surface area contributed by atoms with E-state index < -0.39 is 0 Å². The summed E-state index contributed by atoms with van der Waals surface area (Å²) < 4.78 is 0. The summed E-state index contributed by atoms with van der Waals surface area (Å²) in [6, 6.07) is 14.5. The summed E-state index contributed by atoms with van der Waals surface area (Å²) in [7, 11) is 3.41. The lowest BCUT2D eigenvalue weighted by Gasteiger charge is -2.15. The molecule has 3 rings (SSSR count). The van der Waals surface area contributed by atoms with Crippen LogP contribution in [0, 0.1) is 6.92 Å². The molecule has 126 valence electrons. The van der Waals surface area contributed by atoms with E-state index in [1.165, 1.54) is 4.90 Å². The predicted molar refractivity (Wildman–Crippen MR) is 98.9 cm³/mol. The molecule has 0 bridgehead atoms. The molecule has 1 aromatic heterocycles. The molecule has 3 aromatic rings. The lowest BCUT2D eigenvalue weighted by atomic mass is 10.0. The van der Waals surface area contributed by atoms with Gasteiger partial charge in [0, 0.05) is 36.9 Å². The van der Waals surface area contributed by atoms with Crippen LogP contribution in [-0.2, 0) is 0 Å². The molecule has 5 nitrogen and oxygen atoms in total. The van der Waals surface area contributed by atoms with Gasteiger partial charge in [-0.1, -0.05) is 24.3 Å². The first-order chi connectivity index (χ1) is 12.0. The first-order valence-corrected chi connectivity index (χ1v) is 7.95. The maximum Gasteiger partial charge on any atom is 0.256 e. The summed E-state index contributed by atoms with van der Waals surface area (Å²) in [5.41, 5.74) is 3.26. The number of fused-ring (bicyclic) bond motifs is 1. The Morgan fingerprint density at radius 3 is 2.48 bits per heavy atom. The summed E-state index contributed by atoms with van der Waals surface area (Å²) in [5.74, 6) is -0.320. The molecule has 0 atom stereocenters. The molecule has 5 heteroatoms. The zero-order valence-corrected chi connectivity index (χ0v) is 14.4. The van der Waals surface area contributed by atoms with Gasteiger partial charge in [0.05, 0.1) is 11.1 Å². The van der Waals surface area contributed by atoms with Crippen molar-refractivity contribution in [3.63, 3.8) is 0 Å². The van der Waals surface area contributed by atoms with Crippen LogP contribution in [0.4, 0.5) is 5.69 Å². The fourth-order valence-electron chi connectivity index (χ4n) is 2.73. The minimum atomic E-state index is -0.226. The van der Waals surface area contributed by atoms with Gasteiger partial charge in [-0.15, -0.1) is 0 Å². The molecule has 1 heterocycles. The highest BCUT2D eigenvalue weighted by atomic mass is 16.2. The van der Waals surface area contributed by atoms with E-state index in [9.17, 15) is 9.59 Å². The Kier molecular flexibility index (Phi) is 4.48. The molecule has 2 aromatic carbocycles. The molecule has 0 spiro atoms. The van der Waals surface area contributed by atoms with Crippen molar-refractivity contribution in [2.75, 3.05) is 19.4 Å². The molecule has 0 saturated carbocycles. The summed E-state index contributed by atoms with van der Waals surface area (Å²) in [5, 5.41) is 3.71. The van der Waals surface area contributed by atoms with Gasteiger partial charge in [0.1, 0.15) is 0 Å². The van der Waals surface area contributed by atoms with Gasteiger partial charge in [-0.2, -0.15) is 0 Å². The number of hydrogen-bond acceptors (Lipinski definition) is 3. The molecule has 0 saturated heterocycles. The molecule has 0 unspecified atom stereocenters. The molecule has 0 fully saturated rings. The molecule has 0 aliphatic heterocycles. The smallest absolute Gasteiger partial charge is 0.256 e. The van der Waals surface area contributed by atoms with Crippen molar-refractivity contribution in [2.24, 2.45) is 0 Å². The summed E-state index contributed by atoms with van der Waals surface area (Å²) in [6.45, 7) is 1.83. The monoisotopic (exact) mass is 333 g/mol. The fraction of sp³-hybridized carbons (Fsp3) is 0.150. The SMILES string of the molecule is Cc1c(NC(=O)c2ccnc3ccccc23)cccc1C(=O)N(C)C. The maximum absolute atomic E-state index is 12.8. The zero-order valence-electron chi connectivity index (χ0n) is 14.4. The standard InChI is InChI=1S/C20H19N3O2/c1-13-14(20(25)23(2)3)8-6-10-17(13)22-19(24)16-11-12-21-18-9-5-4-7-15(16)18/h4-12H,1-3H3,(H,22,24). The maximum atomic E-state index is 12.8. The average molecular weight is 333 g/mol. The Morgan fingerprint density at radius 2 is 1.72 bits per heavy atom. The zero-order chi connectivity index (χ0) is 18.0. The quantitative estimate of drug-likeness (QED) is 0.798. The van der Waals surface area contributed by atoms with Gasteiger partial charge in [0.15, 0.2) is 0 Å². The molecule has 25 heavy (non-hydrogen) atoms. The third-order valence-electron chi connectivity index (χ3n) is 4.11. The first kappa shape index (κ1) is 16.6. The molecule has 0 aliphatic rings. The Morgan fingerprint density at radius 1 is 0.960 bits per heavy atom. The fourth-order valence-corrected chi connectivity index (χ4v) is 2.73. The molecular weight excluding hydrogens is 314 g/mol. The van der Waals surface area contributed by atoms with Gasteiger partial charge in [0.25, 0.3) is 11.8 Å². The Labute approximate surface area is 146 Å². The number of amides is 2. The van der Waals surface area contributed by atoms with Crippen LogP contribution in [0.15, 0.2) is 54.7 Å². The molecule has 2 amide bonds. The van der Waals surface area contributed by atoms with Crippen molar-refractivity contribution in [3.05, 3.63) is 71.4 Å². The highest BCUT2D eigenvalue weighted by Crippen LogP contribution is 2.22. The van der Waals surface area contributed by atoms with Gasteiger partial charge >= 0.3 is 0 Å². The van der Waals surface area contributed by atoms with Crippen LogP contribution in [0.25, 0.3) is 10.9 Å². The number of pyridine rings is 1. The van der Waals surface area contributed by atoms with Crippen molar-refractivity contribution in [3.8, 4) is 0 Å². The predicted octanol–water partition coefficient (Wildman–Crippen LogP) is 3.50. The Balaban J connectivity index is 1.96. The van der Waals surface area contributed by atoms with Crippen molar-refractivity contribution >= 4 is 28.4 Å². The van der Waals surface area contributed by atoms with Crippen LogP contribution in [0.2, 0.25) is 0 Å². The lowest BCUT2D eigenvalue weighted by molar-refractivity contribution is 0.0826. The highest BCUT2D eigenvalue weighted by Gasteiger charge is 2.16. The average Bonchev–Trinajstić information content (AvgIpc) is 2.62. The van der Waals surface area contributed by atoms with E-state index in [-0.39, 0.29) is 11.8 Å². The normalized spacial score (nSPS) is 10.5. The second-order valence-corrected chi connectivity index (χ2v) is 6.01. The number of nitrogens with one attached hydrogen (secondary N) is 1. The van der Waals surface area contributed by atoms with Crippen LogP contribution in [0.5, 0.6) is 0 Å². The third kappa shape index (κ3) is 3.21. The number of nitrogens with zero attached hydrogens (tertiary/aromatic N) is 2. The van der Waals surface area contributed by atoms with Gasteiger partial charge in [-0.3, -0.25) is 14.6 Å². The van der Waals surface area contributed by atoms with Crippen LogP contribution in [0.3, 0.4) is 0 Å². The number of aromatic nitrogens is 1. The van der Waals surface area contributed by atoms with Crippen LogP contribution in [0.1, 0.15) is 26.3 Å². The first-order valence-electron chi connectivity index (χ1n) is 7.95. The van der Waals surface area contributed by atoms with E-state index in [0.29, 0.717) is 16.8 Å². The van der Waals surface area contributed by atoms with Crippen LogP contribution in [-0.4, -0.2) is 35.8 Å². The lowest BCUT2D eigenvalue weighted by Crippen LogP contribution is -2.23. The van der Waals surface area contributed by atoms with E-state index in [4.69, 9.17) is 0 Å². The largest absolute Gasteiger partial charge is 0.345 e. The summed E-state index contributed by atoms with van der Waals surface area (Å²) >= 11 is 0. The summed E-state index contributed by atoms with van der Waals surface area (Å²) in [4.78, 5) is 30.8. The second-order valence-electron chi connectivity index (χ2n) is 6.01. The number of anilines is 1. The topological polar surface area (TPSA) is 62.3 Å². The van der Waals surface area contributed by atoms with Gasteiger partial charge in [-0.25, -0.2) is 0 Å². The van der Waals surface area contributed by atoms with Gasteiger partial charge < -0.3 is 10.2 Å². The van der Waals surface area contributed by atoms with Gasteiger partial charge in [-0.05, 0) is 36.8 Å². The number of carbonyl (C=O) groups excluding carboxylic acids is 2.